The van der Waals surface area contributed by atoms with Gasteiger partial charge in [-0.2, -0.15) is 11.3 Å². The van der Waals surface area contributed by atoms with E-state index in [0.29, 0.717) is 6.54 Å². The normalized spacial score (nSPS) is 10.0. The Morgan fingerprint density at radius 1 is 1.19 bits per heavy atom. The van der Waals surface area contributed by atoms with Crippen LogP contribution in [0.15, 0.2) is 52.2 Å². The summed E-state index contributed by atoms with van der Waals surface area (Å²) in [5.74, 6) is 6.07. The van der Waals surface area contributed by atoms with E-state index in [0.717, 1.165) is 11.1 Å². The Morgan fingerprint density at radius 3 is 2.81 bits per heavy atom. The van der Waals surface area contributed by atoms with Crippen LogP contribution in [-0.4, -0.2) is 12.8 Å². The molecule has 2 rings (SSSR count). The standard InChI is InChI=1S/C14H11NS/c1-2-5-13(6-3-1)11-15-9-4-7-14-8-10-16-12-14/h1-3,5-6,8,10-12H,9H2/b15-11+. The fraction of sp³-hybridized carbons (Fsp3) is 0.0714. The van der Waals surface area contributed by atoms with Crippen LogP contribution in [0.25, 0.3) is 0 Å². The molecular formula is C14H11NS. The monoisotopic (exact) mass is 225 g/mol. The maximum Gasteiger partial charge on any atom is 0.100 e. The summed E-state index contributed by atoms with van der Waals surface area (Å²) in [6.07, 6.45) is 1.85. The van der Waals surface area contributed by atoms with Crippen LogP contribution in [0, 0.1) is 11.8 Å². The minimum absolute atomic E-state index is 0.546. The topological polar surface area (TPSA) is 12.4 Å². The summed E-state index contributed by atoms with van der Waals surface area (Å²) in [6.45, 7) is 0.546. The molecule has 0 bridgehead atoms. The molecule has 0 radical (unpaired) electrons. The van der Waals surface area contributed by atoms with E-state index in [1.165, 1.54) is 0 Å². The van der Waals surface area contributed by atoms with Crippen molar-refractivity contribution in [3.05, 3.63) is 58.3 Å². The number of benzene rings is 1. The third-order valence-electron chi connectivity index (χ3n) is 1.96. The molecule has 16 heavy (non-hydrogen) atoms. The highest BCUT2D eigenvalue weighted by Gasteiger charge is 1.83. The summed E-state index contributed by atoms with van der Waals surface area (Å²) in [5, 5.41) is 4.06. The van der Waals surface area contributed by atoms with E-state index >= 15 is 0 Å². The van der Waals surface area contributed by atoms with Crippen LogP contribution in [0.5, 0.6) is 0 Å². The lowest BCUT2D eigenvalue weighted by Gasteiger charge is -1.88. The summed E-state index contributed by atoms with van der Waals surface area (Å²) in [4.78, 5) is 4.25. The second-order valence-electron chi connectivity index (χ2n) is 3.19. The van der Waals surface area contributed by atoms with Gasteiger partial charge in [0.15, 0.2) is 0 Å². The lowest BCUT2D eigenvalue weighted by atomic mass is 10.2. The number of nitrogens with zero attached hydrogens (tertiary/aromatic N) is 1. The molecule has 2 heteroatoms. The van der Waals surface area contributed by atoms with Gasteiger partial charge in [-0.3, -0.25) is 4.99 Å². The molecule has 78 valence electrons. The Balaban J connectivity index is 1.87. The molecule has 0 amide bonds. The third-order valence-corrected chi connectivity index (χ3v) is 2.65. The van der Waals surface area contributed by atoms with Crippen molar-refractivity contribution in [3.8, 4) is 11.8 Å². The summed E-state index contributed by atoms with van der Waals surface area (Å²) < 4.78 is 0. The van der Waals surface area contributed by atoms with E-state index in [9.17, 15) is 0 Å². The van der Waals surface area contributed by atoms with E-state index in [2.05, 4.69) is 16.8 Å². The highest BCUT2D eigenvalue weighted by Crippen LogP contribution is 2.02. The number of thiophene rings is 1. The highest BCUT2D eigenvalue weighted by molar-refractivity contribution is 7.08. The maximum atomic E-state index is 4.25. The van der Waals surface area contributed by atoms with Gasteiger partial charge in [0.2, 0.25) is 0 Å². The second kappa shape index (κ2) is 5.89. The molecular weight excluding hydrogens is 214 g/mol. The van der Waals surface area contributed by atoms with Gasteiger partial charge >= 0.3 is 0 Å². The van der Waals surface area contributed by atoms with Gasteiger partial charge in [0, 0.05) is 17.2 Å². The average molecular weight is 225 g/mol. The SMILES string of the molecule is C(#Cc1ccsc1)C/N=C/c1ccccc1. The summed E-state index contributed by atoms with van der Waals surface area (Å²) >= 11 is 1.66. The molecule has 0 saturated carbocycles. The van der Waals surface area contributed by atoms with Gasteiger partial charge in [-0.15, -0.1) is 0 Å². The van der Waals surface area contributed by atoms with Crippen molar-refractivity contribution in [2.24, 2.45) is 4.99 Å². The third kappa shape index (κ3) is 3.38. The van der Waals surface area contributed by atoms with E-state index in [4.69, 9.17) is 0 Å². The van der Waals surface area contributed by atoms with Gasteiger partial charge in [-0.1, -0.05) is 42.2 Å². The zero-order chi connectivity index (χ0) is 11.1. The Bertz CT molecular complexity index is 501. The quantitative estimate of drug-likeness (QED) is 0.549. The second-order valence-corrected chi connectivity index (χ2v) is 3.97. The molecule has 1 heterocycles. The first-order chi connectivity index (χ1) is 7.95. The number of hydrogen-bond acceptors (Lipinski definition) is 2. The largest absolute Gasteiger partial charge is 0.280 e. The van der Waals surface area contributed by atoms with Crippen molar-refractivity contribution < 1.29 is 0 Å². The zero-order valence-electron chi connectivity index (χ0n) is 8.76. The van der Waals surface area contributed by atoms with E-state index in [1.54, 1.807) is 11.3 Å². The molecule has 0 aliphatic rings. The molecule has 2 aromatic rings. The number of hydrogen-bond donors (Lipinski definition) is 0. The van der Waals surface area contributed by atoms with Crippen LogP contribution in [0.4, 0.5) is 0 Å². The van der Waals surface area contributed by atoms with E-state index < -0.39 is 0 Å². The first-order valence-electron chi connectivity index (χ1n) is 5.01. The van der Waals surface area contributed by atoms with Gasteiger partial charge < -0.3 is 0 Å². The summed E-state index contributed by atoms with van der Waals surface area (Å²) in [7, 11) is 0. The Labute approximate surface area is 99.5 Å². The minimum atomic E-state index is 0.546. The van der Waals surface area contributed by atoms with Crippen molar-refractivity contribution in [1.29, 1.82) is 0 Å². The van der Waals surface area contributed by atoms with E-state index in [-0.39, 0.29) is 0 Å². The fourth-order valence-corrected chi connectivity index (χ4v) is 1.80. The summed E-state index contributed by atoms with van der Waals surface area (Å²) in [5.41, 5.74) is 2.18. The maximum absolute atomic E-state index is 4.25. The highest BCUT2D eigenvalue weighted by atomic mass is 32.1. The predicted molar refractivity (Wildman–Crippen MR) is 70.1 cm³/mol. The first kappa shape index (κ1) is 10.7. The lowest BCUT2D eigenvalue weighted by molar-refractivity contribution is 1.30. The van der Waals surface area contributed by atoms with Crippen LogP contribution in [0.3, 0.4) is 0 Å². The number of aliphatic imine (C=N–C) groups is 1. The van der Waals surface area contributed by atoms with Gasteiger partial charge in [0.1, 0.15) is 6.54 Å². The zero-order valence-corrected chi connectivity index (χ0v) is 9.58. The molecule has 0 saturated heterocycles. The molecule has 0 N–H and O–H groups in total. The Morgan fingerprint density at radius 2 is 2.06 bits per heavy atom. The molecule has 0 fully saturated rings. The molecule has 0 unspecified atom stereocenters. The Kier molecular flexibility index (Phi) is 3.93. The molecule has 1 nitrogen and oxygen atoms in total. The first-order valence-corrected chi connectivity index (χ1v) is 5.95. The van der Waals surface area contributed by atoms with Crippen molar-refractivity contribution >= 4 is 17.6 Å². The van der Waals surface area contributed by atoms with E-state index in [1.807, 2.05) is 53.4 Å². The van der Waals surface area contributed by atoms with Crippen molar-refractivity contribution in [2.45, 2.75) is 0 Å². The molecule has 1 aromatic carbocycles. The van der Waals surface area contributed by atoms with Crippen LogP contribution in [0.2, 0.25) is 0 Å². The molecule has 0 spiro atoms. The van der Waals surface area contributed by atoms with Gasteiger partial charge in [-0.05, 0) is 17.0 Å². The van der Waals surface area contributed by atoms with Crippen molar-refractivity contribution in [3.63, 3.8) is 0 Å². The van der Waals surface area contributed by atoms with Crippen LogP contribution < -0.4 is 0 Å². The molecule has 1 aromatic heterocycles. The smallest absolute Gasteiger partial charge is 0.100 e. The van der Waals surface area contributed by atoms with Crippen molar-refractivity contribution in [2.75, 3.05) is 6.54 Å². The average Bonchev–Trinajstić information content (AvgIpc) is 2.83. The lowest BCUT2D eigenvalue weighted by Crippen LogP contribution is -1.81. The van der Waals surface area contributed by atoms with Crippen molar-refractivity contribution in [1.82, 2.24) is 0 Å². The molecule has 0 atom stereocenters. The van der Waals surface area contributed by atoms with Gasteiger partial charge in [0.25, 0.3) is 0 Å². The number of rotatable bonds is 2. The molecule has 0 aliphatic carbocycles. The van der Waals surface area contributed by atoms with Crippen LogP contribution in [0.1, 0.15) is 11.1 Å². The fourth-order valence-electron chi connectivity index (χ4n) is 1.21. The molecule has 0 aliphatic heterocycles. The van der Waals surface area contributed by atoms with Gasteiger partial charge in [0.05, 0.1) is 0 Å². The van der Waals surface area contributed by atoms with Crippen LogP contribution in [-0.2, 0) is 0 Å². The summed E-state index contributed by atoms with van der Waals surface area (Å²) in [6, 6.07) is 12.1. The Hall–Kier alpha value is -1.85. The van der Waals surface area contributed by atoms with Crippen LogP contribution >= 0.6 is 11.3 Å². The minimum Gasteiger partial charge on any atom is -0.280 e. The van der Waals surface area contributed by atoms with Gasteiger partial charge in [-0.25, -0.2) is 0 Å². The predicted octanol–water partition coefficient (Wildman–Crippen LogP) is 3.22.